The first-order chi connectivity index (χ1) is 10.1. The molecular weight excluding hydrogens is 316 g/mol. The molecule has 10 heteroatoms. The predicted octanol–water partition coefficient (Wildman–Crippen LogP) is 4.58. The fourth-order valence-corrected chi connectivity index (χ4v) is 4.95. The summed E-state index contributed by atoms with van der Waals surface area (Å²) in [4.78, 5) is 5.85. The highest BCUT2D eigenvalue weighted by Gasteiger charge is 2.40. The summed E-state index contributed by atoms with van der Waals surface area (Å²) in [7, 11) is -3.55. The van der Waals surface area contributed by atoms with Gasteiger partial charge >= 0.3 is 0 Å². The van der Waals surface area contributed by atoms with Crippen molar-refractivity contribution in [3.63, 3.8) is 0 Å². The van der Waals surface area contributed by atoms with Gasteiger partial charge in [0.2, 0.25) is 0 Å². The van der Waals surface area contributed by atoms with Gasteiger partial charge in [0.25, 0.3) is 0 Å². The Morgan fingerprint density at radius 1 is 0.773 bits per heavy atom. The molecule has 0 unspecified atom stereocenters. The summed E-state index contributed by atoms with van der Waals surface area (Å²) in [5.41, 5.74) is 17.6. The van der Waals surface area contributed by atoms with Crippen molar-refractivity contribution in [2.75, 3.05) is 0 Å². The molecule has 0 heterocycles. The zero-order valence-corrected chi connectivity index (χ0v) is 16.2. The molecule has 1 fully saturated rings. The Balaban J connectivity index is 3.01. The highest BCUT2D eigenvalue weighted by atomic mass is 28.4. The predicted molar refractivity (Wildman–Crippen MR) is 91.5 cm³/mol. The highest BCUT2D eigenvalue weighted by molar-refractivity contribution is 6.70. The number of hydrogen-bond donors (Lipinski definition) is 0. The minimum Gasteiger partial charge on any atom is -0.414 e. The van der Waals surface area contributed by atoms with Gasteiger partial charge in [0.05, 0.1) is 24.3 Å². The second-order valence-electron chi connectivity index (χ2n) is 7.55. The maximum atomic E-state index is 8.79. The van der Waals surface area contributed by atoms with E-state index < -0.39 is 16.6 Å². The second kappa shape index (κ2) is 7.50. The molecule has 0 saturated heterocycles. The Hall–Kier alpha value is -1.03. The lowest BCUT2D eigenvalue weighted by atomic mass is 9.87. The van der Waals surface area contributed by atoms with Gasteiger partial charge in [-0.25, -0.2) is 0 Å². The van der Waals surface area contributed by atoms with Crippen molar-refractivity contribution in [2.45, 2.75) is 76.4 Å². The molecule has 0 N–H and O–H groups in total. The van der Waals surface area contributed by atoms with Gasteiger partial charge in [-0.05, 0) is 63.2 Å². The molecule has 0 aliphatic heterocycles. The standard InChI is InChI=1S/C12H26N6O2Si2/c1-21(2,3)19-11-8-12(20-22(4,5)6)10(16-18-14)7-9(11)15-17-13/h9-12H,7-8H2,1-6H3/t9-,10-,11-,12-/m0/s1. The summed E-state index contributed by atoms with van der Waals surface area (Å²) >= 11 is 0. The van der Waals surface area contributed by atoms with Gasteiger partial charge in [-0.3, -0.25) is 0 Å². The van der Waals surface area contributed by atoms with E-state index in [0.29, 0.717) is 12.8 Å². The summed E-state index contributed by atoms with van der Waals surface area (Å²) in [6, 6.07) is -0.623. The average molecular weight is 343 g/mol. The van der Waals surface area contributed by atoms with Crippen LogP contribution in [0.1, 0.15) is 12.8 Å². The highest BCUT2D eigenvalue weighted by Crippen LogP contribution is 2.32. The number of hydrogen-bond acceptors (Lipinski definition) is 4. The molecule has 0 aromatic heterocycles. The minimum atomic E-state index is -1.78. The molecule has 1 aliphatic rings. The maximum absolute atomic E-state index is 8.79. The summed E-state index contributed by atoms with van der Waals surface area (Å²) < 4.78 is 12.4. The van der Waals surface area contributed by atoms with E-state index in [4.69, 9.17) is 19.9 Å². The molecule has 1 saturated carbocycles. The third kappa shape index (κ3) is 6.39. The molecule has 124 valence electrons. The molecule has 0 radical (unpaired) electrons. The van der Waals surface area contributed by atoms with Crippen molar-refractivity contribution in [3.05, 3.63) is 20.9 Å². The first kappa shape index (κ1) is 19.0. The summed E-state index contributed by atoms with van der Waals surface area (Å²) in [6.45, 7) is 12.6. The van der Waals surface area contributed by atoms with E-state index in [9.17, 15) is 0 Å². The Labute approximate surface area is 133 Å². The van der Waals surface area contributed by atoms with E-state index in [2.05, 4.69) is 59.3 Å². The quantitative estimate of drug-likeness (QED) is 0.304. The van der Waals surface area contributed by atoms with E-state index in [1.165, 1.54) is 0 Å². The number of nitrogens with zero attached hydrogens (tertiary/aromatic N) is 6. The monoisotopic (exact) mass is 342 g/mol. The first-order valence-electron chi connectivity index (χ1n) is 7.50. The van der Waals surface area contributed by atoms with E-state index >= 15 is 0 Å². The van der Waals surface area contributed by atoms with Gasteiger partial charge in [0.15, 0.2) is 16.6 Å². The van der Waals surface area contributed by atoms with Gasteiger partial charge in [0, 0.05) is 9.82 Å². The van der Waals surface area contributed by atoms with E-state index in [-0.39, 0.29) is 24.3 Å². The molecule has 0 spiro atoms. The van der Waals surface area contributed by atoms with Crippen LogP contribution in [-0.2, 0) is 8.85 Å². The maximum Gasteiger partial charge on any atom is 0.184 e. The lowest BCUT2D eigenvalue weighted by Crippen LogP contribution is -2.51. The van der Waals surface area contributed by atoms with Crippen LogP contribution in [0.15, 0.2) is 10.2 Å². The van der Waals surface area contributed by atoms with Crippen molar-refractivity contribution in [3.8, 4) is 0 Å². The third-order valence-corrected chi connectivity index (χ3v) is 5.24. The molecule has 22 heavy (non-hydrogen) atoms. The lowest BCUT2D eigenvalue weighted by molar-refractivity contribution is 0.0333. The van der Waals surface area contributed by atoms with E-state index in [1.54, 1.807) is 0 Å². The Bertz CT molecular complexity index is 435. The summed E-state index contributed by atoms with van der Waals surface area (Å²) in [5, 5.41) is 7.73. The Morgan fingerprint density at radius 2 is 1.14 bits per heavy atom. The Morgan fingerprint density at radius 3 is 1.41 bits per heavy atom. The van der Waals surface area contributed by atoms with E-state index in [1.807, 2.05) is 0 Å². The van der Waals surface area contributed by atoms with Crippen molar-refractivity contribution in [1.29, 1.82) is 0 Å². The van der Waals surface area contributed by atoms with Crippen LogP contribution in [-0.4, -0.2) is 40.9 Å². The summed E-state index contributed by atoms with van der Waals surface area (Å²) in [6.07, 6.45) is 0.725. The van der Waals surface area contributed by atoms with Crippen molar-refractivity contribution in [1.82, 2.24) is 0 Å². The normalized spacial score (nSPS) is 29.4. The SMILES string of the molecule is C[Si](C)(C)O[C@H]1C[C@H](O[Si](C)(C)C)[C@@H](N=[N+]=[N-])C[C@@H]1N=[N+]=[N-]. The molecule has 1 aliphatic carbocycles. The van der Waals surface area contributed by atoms with Crippen molar-refractivity contribution in [2.24, 2.45) is 10.2 Å². The van der Waals surface area contributed by atoms with Crippen LogP contribution in [0.2, 0.25) is 39.3 Å². The van der Waals surface area contributed by atoms with Crippen LogP contribution in [0.25, 0.3) is 20.9 Å². The zero-order valence-electron chi connectivity index (χ0n) is 14.2. The zero-order chi connectivity index (χ0) is 17.0. The summed E-state index contributed by atoms with van der Waals surface area (Å²) in [5.74, 6) is 0. The minimum absolute atomic E-state index is 0.172. The average Bonchev–Trinajstić information content (AvgIpc) is 2.31. The molecule has 8 nitrogen and oxygen atoms in total. The third-order valence-electron chi connectivity index (χ3n) is 3.22. The topological polar surface area (TPSA) is 116 Å². The number of rotatable bonds is 6. The number of azide groups is 2. The molecular formula is C12H26N6O2Si2. The van der Waals surface area contributed by atoms with Gasteiger partial charge in [0.1, 0.15) is 0 Å². The molecule has 0 bridgehead atoms. The van der Waals surface area contributed by atoms with Gasteiger partial charge in [-0.1, -0.05) is 10.2 Å². The molecule has 0 aromatic carbocycles. The fourth-order valence-electron chi connectivity index (χ4n) is 2.63. The van der Waals surface area contributed by atoms with Crippen LogP contribution in [0.5, 0.6) is 0 Å². The van der Waals surface area contributed by atoms with Crippen molar-refractivity contribution >= 4 is 16.6 Å². The van der Waals surface area contributed by atoms with Crippen LogP contribution in [0.4, 0.5) is 0 Å². The van der Waals surface area contributed by atoms with Crippen LogP contribution < -0.4 is 0 Å². The fraction of sp³-hybridized carbons (Fsp3) is 1.00. The smallest absolute Gasteiger partial charge is 0.184 e. The van der Waals surface area contributed by atoms with Crippen LogP contribution >= 0.6 is 0 Å². The molecule has 0 aromatic rings. The lowest BCUT2D eigenvalue weighted by Gasteiger charge is -2.42. The largest absolute Gasteiger partial charge is 0.414 e. The van der Waals surface area contributed by atoms with Crippen molar-refractivity contribution < 1.29 is 8.85 Å². The molecule has 4 atom stereocenters. The van der Waals surface area contributed by atoms with E-state index in [0.717, 1.165) is 0 Å². The van der Waals surface area contributed by atoms with Gasteiger partial charge in [-0.2, -0.15) is 0 Å². The molecule has 0 amide bonds. The van der Waals surface area contributed by atoms with Crippen LogP contribution in [0, 0.1) is 0 Å². The van der Waals surface area contributed by atoms with Gasteiger partial charge < -0.3 is 8.85 Å². The molecule has 1 rings (SSSR count). The Kier molecular flexibility index (Phi) is 6.48. The second-order valence-corrected chi connectivity index (χ2v) is 16.5. The van der Waals surface area contributed by atoms with Crippen LogP contribution in [0.3, 0.4) is 0 Å². The van der Waals surface area contributed by atoms with Gasteiger partial charge in [-0.15, -0.1) is 0 Å². The first-order valence-corrected chi connectivity index (χ1v) is 14.3.